The Morgan fingerprint density at radius 1 is 0.812 bits per heavy atom. The highest BCUT2D eigenvalue weighted by molar-refractivity contribution is 6.73. The summed E-state index contributed by atoms with van der Waals surface area (Å²) in [6.45, 7) is 5.16. The fourth-order valence-corrected chi connectivity index (χ4v) is 6.51. The van der Waals surface area contributed by atoms with Crippen LogP contribution in [0.25, 0.3) is 0 Å². The molecule has 0 aliphatic rings. The van der Waals surface area contributed by atoms with Crippen LogP contribution in [0.15, 0.2) is 0 Å². The van der Waals surface area contributed by atoms with Crippen LogP contribution in [0.4, 0.5) is 0 Å². The topological polar surface area (TPSA) is 87.3 Å². The van der Waals surface area contributed by atoms with E-state index in [1.54, 1.807) is 0 Å². The Morgan fingerprint density at radius 2 is 1.19 bits per heavy atom. The Kier molecular flexibility index (Phi) is 10.3. The molecule has 0 atom stereocenters. The van der Waals surface area contributed by atoms with Crippen LogP contribution < -0.4 is 17.2 Å². The number of rotatable bonds is 11. The molecule has 0 aromatic heterocycles. The van der Waals surface area contributed by atoms with Gasteiger partial charge in [-0.25, -0.2) is 0 Å². The number of nitrogens with two attached hydrogens (primary N) is 3. The van der Waals surface area contributed by atoms with Crippen molar-refractivity contribution >= 4 is 8.32 Å². The molecule has 0 heterocycles. The molecule has 98 valence electrons. The molecule has 0 saturated carbocycles. The first kappa shape index (κ1) is 16.1. The zero-order valence-corrected chi connectivity index (χ0v) is 11.7. The van der Waals surface area contributed by atoms with E-state index >= 15 is 0 Å². The Balaban J connectivity index is 4.32. The largest absolute Gasteiger partial charge is 0.417 e. The second-order valence-corrected chi connectivity index (χ2v) is 8.45. The quantitative estimate of drug-likeness (QED) is 0.476. The standard InChI is InChI=1S/C11H29N3OSi/c1-2-15-16(9-3-6-12,10-4-7-13)11-5-8-14/h2-14H2,1H3. The van der Waals surface area contributed by atoms with Gasteiger partial charge < -0.3 is 21.6 Å². The number of hydrogen-bond acceptors (Lipinski definition) is 4. The van der Waals surface area contributed by atoms with Gasteiger partial charge in [0, 0.05) is 6.61 Å². The fourth-order valence-electron chi connectivity index (χ4n) is 2.17. The Morgan fingerprint density at radius 3 is 1.44 bits per heavy atom. The zero-order chi connectivity index (χ0) is 12.3. The summed E-state index contributed by atoms with van der Waals surface area (Å²) in [5, 5.41) is 0. The van der Waals surface area contributed by atoms with Crippen molar-refractivity contribution in [3.05, 3.63) is 0 Å². The lowest BCUT2D eigenvalue weighted by Gasteiger charge is -2.31. The van der Waals surface area contributed by atoms with Crippen LogP contribution in [-0.2, 0) is 4.43 Å². The second kappa shape index (κ2) is 10.2. The van der Waals surface area contributed by atoms with Crippen molar-refractivity contribution in [3.63, 3.8) is 0 Å². The lowest BCUT2D eigenvalue weighted by Crippen LogP contribution is -2.39. The van der Waals surface area contributed by atoms with E-state index in [1.807, 2.05) is 0 Å². The van der Waals surface area contributed by atoms with E-state index in [0.717, 1.165) is 63.6 Å². The molecule has 16 heavy (non-hydrogen) atoms. The maximum absolute atomic E-state index is 6.11. The van der Waals surface area contributed by atoms with Gasteiger partial charge in [0.25, 0.3) is 0 Å². The van der Waals surface area contributed by atoms with Crippen LogP contribution in [0, 0.1) is 0 Å². The van der Waals surface area contributed by atoms with E-state index in [1.165, 1.54) is 0 Å². The SMILES string of the molecule is CCO[Si](CCCN)(CCCN)CCCN. The molecule has 0 aromatic carbocycles. The predicted molar refractivity (Wildman–Crippen MR) is 72.8 cm³/mol. The van der Waals surface area contributed by atoms with Gasteiger partial charge in [-0.2, -0.15) is 0 Å². The van der Waals surface area contributed by atoms with E-state index in [4.69, 9.17) is 21.6 Å². The van der Waals surface area contributed by atoms with Crippen molar-refractivity contribution in [2.24, 2.45) is 17.2 Å². The van der Waals surface area contributed by atoms with Gasteiger partial charge in [-0.15, -0.1) is 0 Å². The van der Waals surface area contributed by atoms with E-state index in [-0.39, 0.29) is 0 Å². The molecule has 0 aliphatic heterocycles. The third-order valence-corrected chi connectivity index (χ3v) is 7.66. The first-order chi connectivity index (χ1) is 7.74. The van der Waals surface area contributed by atoms with Crippen molar-refractivity contribution in [3.8, 4) is 0 Å². The normalized spacial score (nSPS) is 12.0. The average molecular weight is 247 g/mol. The molecule has 0 bridgehead atoms. The highest BCUT2D eigenvalue weighted by Gasteiger charge is 2.32. The smallest absolute Gasteiger partial charge is 0.192 e. The molecule has 5 heteroatoms. The molecule has 0 aromatic rings. The van der Waals surface area contributed by atoms with E-state index in [9.17, 15) is 0 Å². The Hall–Kier alpha value is 0.0569. The van der Waals surface area contributed by atoms with Gasteiger partial charge in [-0.3, -0.25) is 0 Å². The van der Waals surface area contributed by atoms with Gasteiger partial charge in [0.05, 0.1) is 0 Å². The summed E-state index contributed by atoms with van der Waals surface area (Å²) in [4.78, 5) is 0. The summed E-state index contributed by atoms with van der Waals surface area (Å²) in [6.07, 6.45) is 3.21. The summed E-state index contributed by atoms with van der Waals surface area (Å²) in [5.74, 6) is 0. The maximum Gasteiger partial charge on any atom is 0.192 e. The number of hydrogen-bond donors (Lipinski definition) is 3. The van der Waals surface area contributed by atoms with Crippen LogP contribution in [0.3, 0.4) is 0 Å². The fraction of sp³-hybridized carbons (Fsp3) is 1.00. The molecule has 0 saturated heterocycles. The summed E-state index contributed by atoms with van der Waals surface area (Å²) in [6, 6.07) is 3.49. The van der Waals surface area contributed by atoms with Gasteiger partial charge in [0.1, 0.15) is 0 Å². The minimum Gasteiger partial charge on any atom is -0.417 e. The van der Waals surface area contributed by atoms with Crippen molar-refractivity contribution in [2.45, 2.75) is 44.3 Å². The summed E-state index contributed by atoms with van der Waals surface area (Å²) in [5.41, 5.74) is 16.8. The Labute approximate surface area is 101 Å². The third kappa shape index (κ3) is 6.60. The molecular weight excluding hydrogens is 218 g/mol. The molecule has 0 unspecified atom stereocenters. The van der Waals surface area contributed by atoms with Gasteiger partial charge in [0.2, 0.25) is 0 Å². The lowest BCUT2D eigenvalue weighted by atomic mass is 10.5. The lowest BCUT2D eigenvalue weighted by molar-refractivity contribution is 0.315. The molecule has 0 rings (SSSR count). The molecule has 0 radical (unpaired) electrons. The third-order valence-electron chi connectivity index (χ3n) is 2.96. The summed E-state index contributed by atoms with van der Waals surface area (Å²) >= 11 is 0. The molecule has 6 N–H and O–H groups in total. The maximum atomic E-state index is 6.11. The van der Waals surface area contributed by atoms with Gasteiger partial charge >= 0.3 is 0 Å². The molecule has 0 aliphatic carbocycles. The highest BCUT2D eigenvalue weighted by atomic mass is 28.4. The highest BCUT2D eigenvalue weighted by Crippen LogP contribution is 2.26. The molecule has 0 amide bonds. The van der Waals surface area contributed by atoms with E-state index in [0.29, 0.717) is 0 Å². The van der Waals surface area contributed by atoms with Gasteiger partial charge in [0.15, 0.2) is 8.32 Å². The summed E-state index contributed by atoms with van der Waals surface area (Å²) < 4.78 is 6.11. The van der Waals surface area contributed by atoms with Gasteiger partial charge in [-0.05, 0) is 64.0 Å². The first-order valence-corrected chi connectivity index (χ1v) is 9.01. The molecule has 0 fully saturated rings. The predicted octanol–water partition coefficient (Wildman–Crippen LogP) is 1.01. The minimum atomic E-state index is -1.60. The average Bonchev–Trinajstić information content (AvgIpc) is 2.31. The molecule has 0 spiro atoms. The summed E-state index contributed by atoms with van der Waals surface area (Å²) in [7, 11) is -1.60. The second-order valence-electron chi connectivity index (χ2n) is 4.29. The van der Waals surface area contributed by atoms with Crippen LogP contribution in [-0.4, -0.2) is 34.6 Å². The van der Waals surface area contributed by atoms with Gasteiger partial charge in [-0.1, -0.05) is 0 Å². The molecule has 4 nitrogen and oxygen atoms in total. The van der Waals surface area contributed by atoms with Crippen molar-refractivity contribution < 1.29 is 4.43 Å². The van der Waals surface area contributed by atoms with E-state index in [2.05, 4.69) is 6.92 Å². The van der Waals surface area contributed by atoms with Crippen molar-refractivity contribution in [1.82, 2.24) is 0 Å². The molecular formula is C11H29N3OSi. The van der Waals surface area contributed by atoms with Crippen LogP contribution in [0.1, 0.15) is 26.2 Å². The van der Waals surface area contributed by atoms with Crippen LogP contribution >= 0.6 is 0 Å². The zero-order valence-electron chi connectivity index (χ0n) is 10.7. The van der Waals surface area contributed by atoms with Crippen molar-refractivity contribution in [2.75, 3.05) is 26.2 Å². The van der Waals surface area contributed by atoms with Crippen LogP contribution in [0.5, 0.6) is 0 Å². The minimum absolute atomic E-state index is 0.757. The first-order valence-electron chi connectivity index (χ1n) is 6.49. The Bertz CT molecular complexity index is 136. The van der Waals surface area contributed by atoms with Crippen molar-refractivity contribution in [1.29, 1.82) is 0 Å². The van der Waals surface area contributed by atoms with E-state index < -0.39 is 8.32 Å². The van der Waals surface area contributed by atoms with Crippen LogP contribution in [0.2, 0.25) is 18.1 Å². The monoisotopic (exact) mass is 247 g/mol.